The van der Waals surface area contributed by atoms with Crippen molar-refractivity contribution in [2.45, 2.75) is 13.8 Å². The topological polar surface area (TPSA) is 21.6 Å². The highest BCUT2D eigenvalue weighted by Crippen LogP contribution is 2.30. The molecule has 0 radical (unpaired) electrons. The number of benzene rings is 2. The third-order valence-corrected chi connectivity index (χ3v) is 3.06. The van der Waals surface area contributed by atoms with Crippen molar-refractivity contribution >= 4 is 17.4 Å². The molecule has 2 aromatic rings. The summed E-state index contributed by atoms with van der Waals surface area (Å²) in [6.45, 7) is 4.39. The first-order valence-electron chi connectivity index (χ1n) is 6.05. The van der Waals surface area contributed by atoms with Crippen LogP contribution in [0.1, 0.15) is 11.1 Å². The lowest BCUT2D eigenvalue weighted by Gasteiger charge is -2.13. The summed E-state index contributed by atoms with van der Waals surface area (Å²) in [5.41, 5.74) is 4.85. The maximum absolute atomic E-state index is 5.50. The first-order valence-corrected chi connectivity index (χ1v) is 6.46. The zero-order chi connectivity index (χ0) is 13.7. The molecule has 2 rings (SSSR count). The Morgan fingerprint density at radius 1 is 1.11 bits per heavy atom. The number of thiocarbonyl (C=S) groups is 1. The Morgan fingerprint density at radius 3 is 2.32 bits per heavy atom. The normalized spacial score (nSPS) is 9.79. The van der Waals surface area contributed by atoms with Gasteiger partial charge in [-0.25, -0.2) is 0 Å². The average Bonchev–Trinajstić information content (AvgIpc) is 2.39. The second kappa shape index (κ2) is 6.28. The van der Waals surface area contributed by atoms with Crippen molar-refractivity contribution in [1.29, 1.82) is 0 Å². The van der Waals surface area contributed by atoms with Crippen molar-refractivity contribution in [3.63, 3.8) is 0 Å². The Kier molecular flexibility index (Phi) is 4.45. The molecule has 0 amide bonds. The van der Waals surface area contributed by atoms with E-state index in [0.29, 0.717) is 0 Å². The SMILES string of the molecule is Cc1cc(OCN=C=S)cc(C)c1-c1ccccc1. The Morgan fingerprint density at radius 2 is 1.74 bits per heavy atom. The molecule has 96 valence electrons. The molecule has 0 N–H and O–H groups in total. The van der Waals surface area contributed by atoms with E-state index in [0.717, 1.165) is 5.75 Å². The predicted octanol–water partition coefficient (Wildman–Crippen LogP) is 4.41. The van der Waals surface area contributed by atoms with E-state index in [2.05, 4.69) is 48.4 Å². The van der Waals surface area contributed by atoms with Crippen LogP contribution in [0, 0.1) is 13.8 Å². The van der Waals surface area contributed by atoms with Crippen LogP contribution in [0.4, 0.5) is 0 Å². The number of ether oxygens (including phenoxy) is 1. The van der Waals surface area contributed by atoms with Crippen LogP contribution in [0.2, 0.25) is 0 Å². The van der Waals surface area contributed by atoms with E-state index >= 15 is 0 Å². The molecule has 0 saturated carbocycles. The van der Waals surface area contributed by atoms with Crippen LogP contribution in [0.5, 0.6) is 5.75 Å². The van der Waals surface area contributed by atoms with Gasteiger partial charge in [-0.05, 0) is 60.5 Å². The summed E-state index contributed by atoms with van der Waals surface area (Å²) in [7, 11) is 0. The van der Waals surface area contributed by atoms with E-state index in [1.165, 1.54) is 22.3 Å². The van der Waals surface area contributed by atoms with E-state index in [1.54, 1.807) is 0 Å². The number of hydrogen-bond donors (Lipinski definition) is 0. The van der Waals surface area contributed by atoms with Crippen molar-refractivity contribution in [3.05, 3.63) is 53.6 Å². The Bertz CT molecular complexity index is 593. The number of aryl methyl sites for hydroxylation is 2. The molecular formula is C16H15NOS. The van der Waals surface area contributed by atoms with E-state index in [9.17, 15) is 0 Å². The van der Waals surface area contributed by atoms with E-state index in [4.69, 9.17) is 4.74 Å². The zero-order valence-electron chi connectivity index (χ0n) is 11.0. The Hall–Kier alpha value is -1.96. The van der Waals surface area contributed by atoms with Crippen LogP contribution in [-0.2, 0) is 0 Å². The standard InChI is InChI=1S/C16H15NOS/c1-12-8-15(18-10-17-11-19)9-13(2)16(12)14-6-4-3-5-7-14/h3-9H,10H2,1-2H3. The van der Waals surface area contributed by atoms with Crippen LogP contribution in [-0.4, -0.2) is 11.9 Å². The molecule has 2 aromatic carbocycles. The van der Waals surface area contributed by atoms with Gasteiger partial charge in [0.15, 0.2) is 6.73 Å². The maximum Gasteiger partial charge on any atom is 0.188 e. The second-order valence-corrected chi connectivity index (χ2v) is 4.50. The summed E-state index contributed by atoms with van der Waals surface area (Å²) >= 11 is 4.51. The van der Waals surface area contributed by atoms with Crippen molar-refractivity contribution in [3.8, 4) is 16.9 Å². The van der Waals surface area contributed by atoms with Gasteiger partial charge >= 0.3 is 0 Å². The molecular weight excluding hydrogens is 254 g/mol. The zero-order valence-corrected chi connectivity index (χ0v) is 11.8. The molecule has 19 heavy (non-hydrogen) atoms. The number of rotatable bonds is 4. The van der Waals surface area contributed by atoms with Gasteiger partial charge in [0.2, 0.25) is 0 Å². The average molecular weight is 269 g/mol. The van der Waals surface area contributed by atoms with E-state index in [1.807, 2.05) is 30.3 Å². The second-order valence-electron chi connectivity index (χ2n) is 4.32. The van der Waals surface area contributed by atoms with Gasteiger partial charge in [0.1, 0.15) is 5.75 Å². The molecule has 0 heterocycles. The fourth-order valence-corrected chi connectivity index (χ4v) is 2.25. The van der Waals surface area contributed by atoms with Gasteiger partial charge in [0, 0.05) is 0 Å². The summed E-state index contributed by atoms with van der Waals surface area (Å²) in [5.74, 6) is 0.809. The monoisotopic (exact) mass is 269 g/mol. The number of aliphatic imine (C=N–C) groups is 1. The van der Waals surface area contributed by atoms with Gasteiger partial charge in [-0.15, -0.1) is 0 Å². The molecule has 0 fully saturated rings. The smallest absolute Gasteiger partial charge is 0.188 e. The lowest BCUT2D eigenvalue weighted by Crippen LogP contribution is -1.96. The van der Waals surface area contributed by atoms with E-state index < -0.39 is 0 Å². The van der Waals surface area contributed by atoms with Gasteiger partial charge in [-0.3, -0.25) is 0 Å². The van der Waals surface area contributed by atoms with E-state index in [-0.39, 0.29) is 6.73 Å². The van der Waals surface area contributed by atoms with Crippen molar-refractivity contribution in [2.24, 2.45) is 4.99 Å². The Balaban J connectivity index is 2.35. The van der Waals surface area contributed by atoms with Crippen molar-refractivity contribution in [1.82, 2.24) is 0 Å². The van der Waals surface area contributed by atoms with Gasteiger partial charge in [-0.2, -0.15) is 4.99 Å². The minimum atomic E-state index is 0.215. The van der Waals surface area contributed by atoms with Crippen LogP contribution in [0.3, 0.4) is 0 Å². The maximum atomic E-state index is 5.50. The summed E-state index contributed by atoms with van der Waals surface area (Å²) in [5, 5.41) is 2.29. The molecule has 0 aliphatic carbocycles. The minimum Gasteiger partial charge on any atom is -0.471 e. The quantitative estimate of drug-likeness (QED) is 0.605. The minimum absolute atomic E-state index is 0.215. The molecule has 0 unspecified atom stereocenters. The van der Waals surface area contributed by atoms with Crippen molar-refractivity contribution in [2.75, 3.05) is 6.73 Å². The third-order valence-electron chi connectivity index (χ3n) is 2.93. The predicted molar refractivity (Wildman–Crippen MR) is 81.9 cm³/mol. The highest BCUT2D eigenvalue weighted by Gasteiger charge is 2.07. The largest absolute Gasteiger partial charge is 0.471 e. The van der Waals surface area contributed by atoms with Crippen LogP contribution < -0.4 is 4.74 Å². The first kappa shape index (κ1) is 13.5. The molecule has 0 spiro atoms. The molecule has 0 saturated heterocycles. The molecule has 0 aromatic heterocycles. The highest BCUT2D eigenvalue weighted by atomic mass is 32.1. The number of isothiocyanates is 1. The molecule has 0 bridgehead atoms. The molecule has 2 nitrogen and oxygen atoms in total. The molecule has 0 aliphatic rings. The molecule has 0 atom stereocenters. The summed E-state index contributed by atoms with van der Waals surface area (Å²) in [4.78, 5) is 3.75. The first-order chi connectivity index (χ1) is 9.22. The number of nitrogens with zero attached hydrogens (tertiary/aromatic N) is 1. The lowest BCUT2D eigenvalue weighted by atomic mass is 9.95. The fraction of sp³-hybridized carbons (Fsp3) is 0.188. The van der Waals surface area contributed by atoms with Crippen LogP contribution >= 0.6 is 12.2 Å². The molecule has 0 aliphatic heterocycles. The number of hydrogen-bond acceptors (Lipinski definition) is 3. The van der Waals surface area contributed by atoms with Gasteiger partial charge < -0.3 is 4.74 Å². The fourth-order valence-electron chi connectivity index (χ4n) is 2.20. The van der Waals surface area contributed by atoms with Crippen LogP contribution in [0.15, 0.2) is 47.5 Å². The van der Waals surface area contributed by atoms with Gasteiger partial charge in [-0.1, -0.05) is 30.3 Å². The summed E-state index contributed by atoms with van der Waals surface area (Å²) in [6, 6.07) is 14.4. The summed E-state index contributed by atoms with van der Waals surface area (Å²) in [6.07, 6.45) is 0. The molecule has 3 heteroatoms. The van der Waals surface area contributed by atoms with Crippen molar-refractivity contribution < 1.29 is 4.74 Å². The lowest BCUT2D eigenvalue weighted by molar-refractivity contribution is 0.332. The third kappa shape index (κ3) is 3.28. The highest BCUT2D eigenvalue weighted by molar-refractivity contribution is 7.78. The van der Waals surface area contributed by atoms with Gasteiger partial charge in [0.05, 0.1) is 5.16 Å². The Labute approximate surface area is 118 Å². The summed E-state index contributed by atoms with van der Waals surface area (Å²) < 4.78 is 5.50. The van der Waals surface area contributed by atoms with Crippen LogP contribution in [0.25, 0.3) is 11.1 Å². The van der Waals surface area contributed by atoms with Gasteiger partial charge in [0.25, 0.3) is 0 Å².